The van der Waals surface area contributed by atoms with Gasteiger partial charge in [-0.25, -0.2) is 14.2 Å². The molecule has 2 heterocycles. The fraction of sp³-hybridized carbons (Fsp3) is 0.190. The molecule has 1 fully saturated rings. The van der Waals surface area contributed by atoms with Gasteiger partial charge in [-0.05, 0) is 47.5 Å². The average Bonchev–Trinajstić information content (AvgIpc) is 3.19. The second kappa shape index (κ2) is 8.34. The molecule has 2 N–H and O–H groups in total. The van der Waals surface area contributed by atoms with Gasteiger partial charge in [0.25, 0.3) is 0 Å². The Labute approximate surface area is 199 Å². The zero-order chi connectivity index (χ0) is 24.8. The Balaban J connectivity index is 1.43. The summed E-state index contributed by atoms with van der Waals surface area (Å²) in [5.41, 5.74) is 0.223. The van der Waals surface area contributed by atoms with Crippen LogP contribution in [0.4, 0.5) is 23.2 Å². The number of nitrogens with one attached hydrogen (secondary N) is 2. The van der Waals surface area contributed by atoms with Crippen LogP contribution in [0.15, 0.2) is 48.8 Å². The molecule has 2 aromatic carbocycles. The predicted octanol–water partition coefficient (Wildman–Crippen LogP) is 4.41. The predicted molar refractivity (Wildman–Crippen MR) is 114 cm³/mol. The van der Waals surface area contributed by atoms with E-state index in [1.54, 1.807) is 24.4 Å². The number of aromatic nitrogens is 6. The van der Waals surface area contributed by atoms with E-state index in [0.29, 0.717) is 46.7 Å². The molecule has 0 radical (unpaired) electrons. The van der Waals surface area contributed by atoms with Gasteiger partial charge in [0.05, 0.1) is 22.3 Å². The van der Waals surface area contributed by atoms with Gasteiger partial charge in [0.2, 0.25) is 5.91 Å². The highest BCUT2D eigenvalue weighted by Gasteiger charge is 2.53. The van der Waals surface area contributed by atoms with Crippen molar-refractivity contribution in [1.82, 2.24) is 30.4 Å². The number of carbonyl (C=O) groups excluding carboxylic acids is 1. The van der Waals surface area contributed by atoms with Gasteiger partial charge in [-0.3, -0.25) is 4.79 Å². The number of halogens is 5. The largest absolute Gasteiger partial charge is 0.573 e. The van der Waals surface area contributed by atoms with Gasteiger partial charge in [0.15, 0.2) is 5.82 Å². The Hall–Kier alpha value is -4.00. The second-order valence-electron chi connectivity index (χ2n) is 7.81. The molecule has 0 bridgehead atoms. The van der Waals surface area contributed by atoms with Crippen LogP contribution in [0.1, 0.15) is 18.4 Å². The third-order valence-corrected chi connectivity index (χ3v) is 5.72. The second-order valence-corrected chi connectivity index (χ2v) is 8.25. The Morgan fingerprint density at radius 2 is 2.00 bits per heavy atom. The third kappa shape index (κ3) is 4.54. The van der Waals surface area contributed by atoms with Crippen molar-refractivity contribution in [3.8, 4) is 22.8 Å². The number of hydrogen-bond acceptors (Lipinski definition) is 6. The molecule has 0 unspecified atom stereocenters. The monoisotopic (exact) mass is 507 g/mol. The Kier molecular flexibility index (Phi) is 5.43. The summed E-state index contributed by atoms with van der Waals surface area (Å²) in [5.74, 6) is -1.86. The summed E-state index contributed by atoms with van der Waals surface area (Å²) in [7, 11) is 0. The van der Waals surface area contributed by atoms with Crippen molar-refractivity contribution in [3.63, 3.8) is 0 Å². The highest BCUT2D eigenvalue weighted by atomic mass is 35.5. The zero-order valence-electron chi connectivity index (χ0n) is 17.5. The number of carbonyl (C=O) groups is 1. The van der Waals surface area contributed by atoms with E-state index in [9.17, 15) is 22.4 Å². The molecule has 14 heteroatoms. The van der Waals surface area contributed by atoms with Crippen LogP contribution < -0.4 is 10.1 Å². The van der Waals surface area contributed by atoms with Gasteiger partial charge in [-0.15, -0.1) is 18.3 Å². The fourth-order valence-electron chi connectivity index (χ4n) is 3.78. The molecule has 4 aromatic rings. The molecule has 0 spiro atoms. The maximum atomic E-state index is 14.7. The minimum Gasteiger partial charge on any atom is -0.406 e. The van der Waals surface area contributed by atoms with Crippen LogP contribution in [0.2, 0.25) is 5.02 Å². The molecule has 1 aliphatic rings. The number of H-pyrrole nitrogens is 1. The molecule has 0 aliphatic heterocycles. The Morgan fingerprint density at radius 3 is 2.60 bits per heavy atom. The molecule has 1 saturated carbocycles. The minimum atomic E-state index is -4.95. The highest BCUT2D eigenvalue weighted by Crippen LogP contribution is 2.50. The van der Waals surface area contributed by atoms with E-state index in [0.717, 1.165) is 12.1 Å². The summed E-state index contributed by atoms with van der Waals surface area (Å²) >= 11 is 5.97. The zero-order valence-corrected chi connectivity index (χ0v) is 18.2. The summed E-state index contributed by atoms with van der Waals surface area (Å²) in [4.78, 5) is 13.1. The van der Waals surface area contributed by atoms with Crippen molar-refractivity contribution in [3.05, 3.63) is 65.2 Å². The maximum Gasteiger partial charge on any atom is 0.573 e. The van der Waals surface area contributed by atoms with Crippen LogP contribution in [-0.2, 0) is 10.2 Å². The van der Waals surface area contributed by atoms with E-state index in [-0.39, 0.29) is 5.56 Å². The highest BCUT2D eigenvalue weighted by molar-refractivity contribution is 6.30. The lowest BCUT2D eigenvalue weighted by Crippen LogP contribution is -2.29. The summed E-state index contributed by atoms with van der Waals surface area (Å²) < 4.78 is 57.2. The van der Waals surface area contributed by atoms with Crippen LogP contribution in [0, 0.1) is 5.82 Å². The summed E-state index contributed by atoms with van der Waals surface area (Å²) in [5, 5.41) is 21.0. The molecule has 180 valence electrons. The van der Waals surface area contributed by atoms with Crippen molar-refractivity contribution in [2.24, 2.45) is 0 Å². The molecular weight excluding hydrogens is 494 g/mol. The lowest BCUT2D eigenvalue weighted by atomic mass is 9.94. The standard InChI is InChI=1S/C21H14ClF4N7O2/c22-11-9-27-33(10-11)17-4-1-12(7-14(17)18-29-31-32-30-18)28-19(34)20(5-6-20)15-3-2-13(8-16(15)23)35-21(24,25)26/h1-4,7-10H,5-6H2,(H,28,34)(H,29,30,31,32). The number of amides is 1. The quantitative estimate of drug-likeness (QED) is 0.374. The van der Waals surface area contributed by atoms with E-state index in [2.05, 4.69) is 35.8 Å². The maximum absolute atomic E-state index is 14.7. The molecule has 35 heavy (non-hydrogen) atoms. The molecule has 2 aromatic heterocycles. The first-order chi connectivity index (χ1) is 16.6. The molecule has 5 rings (SSSR count). The van der Waals surface area contributed by atoms with E-state index < -0.39 is 29.3 Å². The van der Waals surface area contributed by atoms with E-state index in [1.807, 2.05) is 0 Å². The number of aromatic amines is 1. The summed E-state index contributed by atoms with van der Waals surface area (Å²) in [6.07, 6.45) is -1.25. The number of nitrogens with zero attached hydrogens (tertiary/aromatic N) is 5. The molecule has 1 amide bonds. The normalized spacial score (nSPS) is 14.5. The molecule has 1 aliphatic carbocycles. The molecule has 9 nitrogen and oxygen atoms in total. The number of ether oxygens (including phenoxy) is 1. The number of anilines is 1. The first-order valence-corrected chi connectivity index (χ1v) is 10.5. The number of benzene rings is 2. The number of tetrazole rings is 1. The number of rotatable bonds is 6. The minimum absolute atomic E-state index is 0.00742. The van der Waals surface area contributed by atoms with Gasteiger partial charge in [-0.2, -0.15) is 5.10 Å². The molecule has 0 atom stereocenters. The van der Waals surface area contributed by atoms with Crippen LogP contribution in [0.25, 0.3) is 17.1 Å². The van der Waals surface area contributed by atoms with E-state index >= 15 is 0 Å². The third-order valence-electron chi connectivity index (χ3n) is 5.53. The molecular formula is C21H14ClF4N7O2. The van der Waals surface area contributed by atoms with Crippen molar-refractivity contribution in [1.29, 1.82) is 0 Å². The average molecular weight is 508 g/mol. The van der Waals surface area contributed by atoms with Crippen molar-refractivity contribution >= 4 is 23.2 Å². The van der Waals surface area contributed by atoms with Crippen LogP contribution in [0.5, 0.6) is 5.75 Å². The SMILES string of the molecule is O=C(Nc1ccc(-n2cc(Cl)cn2)c(-c2nnn[nH]2)c1)C1(c2ccc(OC(F)(F)F)cc2F)CC1. The lowest BCUT2D eigenvalue weighted by Gasteiger charge is -2.18. The Morgan fingerprint density at radius 1 is 1.20 bits per heavy atom. The fourth-order valence-corrected chi connectivity index (χ4v) is 3.92. The van der Waals surface area contributed by atoms with Gasteiger partial charge in [0, 0.05) is 29.1 Å². The molecule has 0 saturated heterocycles. The lowest BCUT2D eigenvalue weighted by molar-refractivity contribution is -0.274. The van der Waals surface area contributed by atoms with Crippen molar-refractivity contribution in [2.75, 3.05) is 5.32 Å². The van der Waals surface area contributed by atoms with E-state index in [1.165, 1.54) is 10.9 Å². The van der Waals surface area contributed by atoms with Gasteiger partial charge in [-0.1, -0.05) is 17.7 Å². The Bertz CT molecular complexity index is 1400. The van der Waals surface area contributed by atoms with Crippen LogP contribution >= 0.6 is 11.6 Å². The smallest absolute Gasteiger partial charge is 0.406 e. The van der Waals surface area contributed by atoms with Gasteiger partial charge < -0.3 is 10.1 Å². The number of alkyl halides is 3. The summed E-state index contributed by atoms with van der Waals surface area (Å²) in [6, 6.07) is 7.63. The first-order valence-electron chi connectivity index (χ1n) is 10.1. The van der Waals surface area contributed by atoms with Crippen LogP contribution in [0.3, 0.4) is 0 Å². The van der Waals surface area contributed by atoms with Crippen molar-refractivity contribution < 1.29 is 27.1 Å². The van der Waals surface area contributed by atoms with Gasteiger partial charge in [0.1, 0.15) is 11.6 Å². The summed E-state index contributed by atoms with van der Waals surface area (Å²) in [6.45, 7) is 0. The topological polar surface area (TPSA) is 111 Å². The number of hydrogen-bond donors (Lipinski definition) is 2. The van der Waals surface area contributed by atoms with E-state index in [4.69, 9.17) is 11.6 Å². The van der Waals surface area contributed by atoms with Gasteiger partial charge >= 0.3 is 6.36 Å². The van der Waals surface area contributed by atoms with Crippen molar-refractivity contribution in [2.45, 2.75) is 24.6 Å². The van der Waals surface area contributed by atoms with Crippen LogP contribution in [-0.4, -0.2) is 42.7 Å². The first kappa shape index (κ1) is 22.8.